The van der Waals surface area contributed by atoms with Crippen LogP contribution >= 0.6 is 22.9 Å². The Morgan fingerprint density at radius 1 is 1.25 bits per heavy atom. The number of rotatable bonds is 2. The van der Waals surface area contributed by atoms with E-state index in [2.05, 4.69) is 19.9 Å². The summed E-state index contributed by atoms with van der Waals surface area (Å²) in [5.41, 5.74) is 6.36. The van der Waals surface area contributed by atoms with Crippen molar-refractivity contribution in [1.29, 1.82) is 0 Å². The van der Waals surface area contributed by atoms with E-state index in [1.165, 1.54) is 24.1 Å². The lowest BCUT2D eigenvalue weighted by molar-refractivity contribution is 0.194. The van der Waals surface area contributed by atoms with Gasteiger partial charge in [0.2, 0.25) is 0 Å². The van der Waals surface area contributed by atoms with Crippen LogP contribution in [0.5, 0.6) is 0 Å². The molecular weight excluding hydrogens is 238 g/mol. The van der Waals surface area contributed by atoms with E-state index in [-0.39, 0.29) is 6.04 Å². The van der Waals surface area contributed by atoms with E-state index in [0.717, 1.165) is 16.2 Å². The molecule has 0 aliphatic heterocycles. The lowest BCUT2D eigenvalue weighted by Crippen LogP contribution is -2.28. The van der Waals surface area contributed by atoms with Gasteiger partial charge in [0.1, 0.15) is 0 Å². The minimum atomic E-state index is 0.183. The van der Waals surface area contributed by atoms with Crippen LogP contribution in [0.2, 0.25) is 4.34 Å². The van der Waals surface area contributed by atoms with E-state index in [9.17, 15) is 0 Å². The maximum atomic E-state index is 6.36. The largest absolute Gasteiger partial charge is 0.323 e. The van der Waals surface area contributed by atoms with Crippen molar-refractivity contribution in [2.45, 2.75) is 39.2 Å². The van der Waals surface area contributed by atoms with Crippen LogP contribution in [-0.4, -0.2) is 0 Å². The molecule has 0 saturated heterocycles. The molecule has 0 radical (unpaired) electrons. The van der Waals surface area contributed by atoms with Crippen LogP contribution in [0, 0.1) is 17.8 Å². The Labute approximate surface area is 107 Å². The molecule has 16 heavy (non-hydrogen) atoms. The Hall–Kier alpha value is -0.0500. The highest BCUT2D eigenvalue weighted by molar-refractivity contribution is 7.16. The number of thiophene rings is 1. The molecular formula is C13H20ClNS. The Morgan fingerprint density at radius 3 is 2.38 bits per heavy atom. The van der Waals surface area contributed by atoms with Gasteiger partial charge in [0.15, 0.2) is 0 Å². The molecule has 1 fully saturated rings. The van der Waals surface area contributed by atoms with Gasteiger partial charge in [-0.2, -0.15) is 0 Å². The van der Waals surface area contributed by atoms with Gasteiger partial charge in [-0.05, 0) is 49.1 Å². The van der Waals surface area contributed by atoms with Gasteiger partial charge in [-0.1, -0.05) is 25.4 Å². The molecule has 1 aromatic rings. The van der Waals surface area contributed by atoms with Gasteiger partial charge in [-0.25, -0.2) is 0 Å². The Bertz CT molecular complexity index is 339. The van der Waals surface area contributed by atoms with E-state index in [1.807, 2.05) is 6.07 Å². The lowest BCUT2D eigenvalue weighted by Gasteiger charge is -2.34. The van der Waals surface area contributed by atoms with Gasteiger partial charge in [0.25, 0.3) is 0 Å². The average Bonchev–Trinajstić information content (AvgIpc) is 2.62. The Morgan fingerprint density at radius 2 is 1.88 bits per heavy atom. The zero-order chi connectivity index (χ0) is 11.7. The van der Waals surface area contributed by atoms with Crippen molar-refractivity contribution in [2.75, 3.05) is 0 Å². The molecule has 3 heteroatoms. The summed E-state index contributed by atoms with van der Waals surface area (Å²) in [6, 6.07) is 4.22. The van der Waals surface area contributed by atoms with E-state index < -0.39 is 0 Å². The number of hydrogen-bond donors (Lipinski definition) is 1. The Kier molecular flexibility index (Phi) is 3.93. The molecule has 2 N–H and O–H groups in total. The van der Waals surface area contributed by atoms with Crippen LogP contribution in [0.4, 0.5) is 0 Å². The fourth-order valence-corrected chi connectivity index (χ4v) is 4.20. The lowest BCUT2D eigenvalue weighted by atomic mass is 9.74. The highest BCUT2D eigenvalue weighted by Crippen LogP contribution is 2.40. The molecule has 1 nitrogen and oxygen atoms in total. The predicted octanol–water partition coefficient (Wildman–Crippen LogP) is 4.47. The molecule has 1 aliphatic carbocycles. The topological polar surface area (TPSA) is 26.0 Å². The molecule has 1 saturated carbocycles. The third kappa shape index (κ3) is 2.79. The first-order valence-corrected chi connectivity index (χ1v) is 7.26. The van der Waals surface area contributed by atoms with Crippen LogP contribution in [0.1, 0.15) is 44.0 Å². The van der Waals surface area contributed by atoms with Crippen LogP contribution in [-0.2, 0) is 0 Å². The molecule has 1 heterocycles. The van der Waals surface area contributed by atoms with E-state index in [0.29, 0.717) is 5.92 Å². The summed E-state index contributed by atoms with van der Waals surface area (Å²) in [6.07, 6.45) is 3.89. The van der Waals surface area contributed by atoms with Crippen molar-refractivity contribution in [3.8, 4) is 0 Å². The number of hydrogen-bond acceptors (Lipinski definition) is 2. The molecule has 0 spiro atoms. The Balaban J connectivity index is 2.06. The summed E-state index contributed by atoms with van der Waals surface area (Å²) in [7, 11) is 0. The van der Waals surface area contributed by atoms with Gasteiger partial charge >= 0.3 is 0 Å². The van der Waals surface area contributed by atoms with Gasteiger partial charge in [0.05, 0.1) is 4.34 Å². The number of nitrogens with two attached hydrogens (primary N) is 1. The summed E-state index contributed by atoms with van der Waals surface area (Å²) >= 11 is 7.60. The molecule has 1 aromatic heterocycles. The average molecular weight is 258 g/mol. The van der Waals surface area contributed by atoms with Gasteiger partial charge < -0.3 is 5.73 Å². The van der Waals surface area contributed by atoms with Crippen molar-refractivity contribution in [1.82, 2.24) is 0 Å². The van der Waals surface area contributed by atoms with E-state index in [1.54, 1.807) is 11.3 Å². The summed E-state index contributed by atoms with van der Waals surface area (Å²) in [5.74, 6) is 2.26. The molecule has 0 bridgehead atoms. The monoisotopic (exact) mass is 257 g/mol. The van der Waals surface area contributed by atoms with Gasteiger partial charge in [0, 0.05) is 10.9 Å². The molecule has 0 amide bonds. The van der Waals surface area contributed by atoms with Crippen LogP contribution in [0.3, 0.4) is 0 Å². The maximum Gasteiger partial charge on any atom is 0.0931 e. The fourth-order valence-electron chi connectivity index (χ4n) is 3.04. The number of halogens is 1. The summed E-state index contributed by atoms with van der Waals surface area (Å²) in [6.45, 7) is 4.69. The fraction of sp³-hybridized carbons (Fsp3) is 0.692. The normalized spacial score (nSPS) is 32.6. The van der Waals surface area contributed by atoms with Crippen molar-refractivity contribution in [3.05, 3.63) is 21.3 Å². The quantitative estimate of drug-likeness (QED) is 0.831. The summed E-state index contributed by atoms with van der Waals surface area (Å²) < 4.78 is 0.849. The molecule has 1 aliphatic rings. The molecule has 3 unspecified atom stereocenters. The second kappa shape index (κ2) is 5.07. The molecule has 90 valence electrons. The van der Waals surface area contributed by atoms with Crippen LogP contribution in [0.15, 0.2) is 12.1 Å². The maximum absolute atomic E-state index is 6.36. The first-order chi connectivity index (χ1) is 7.56. The molecule has 0 aromatic carbocycles. The van der Waals surface area contributed by atoms with Crippen molar-refractivity contribution < 1.29 is 0 Å². The first kappa shape index (κ1) is 12.4. The van der Waals surface area contributed by atoms with Crippen molar-refractivity contribution in [3.63, 3.8) is 0 Å². The second-order valence-corrected chi connectivity index (χ2v) is 7.09. The predicted molar refractivity (Wildman–Crippen MR) is 71.9 cm³/mol. The summed E-state index contributed by atoms with van der Waals surface area (Å²) in [4.78, 5) is 1.25. The minimum Gasteiger partial charge on any atom is -0.323 e. The SMILES string of the molecule is CC1CC(C)CC(C(N)c2ccc(Cl)s2)C1. The van der Waals surface area contributed by atoms with Crippen LogP contribution < -0.4 is 5.73 Å². The third-order valence-electron chi connectivity index (χ3n) is 3.65. The van der Waals surface area contributed by atoms with Crippen LogP contribution in [0.25, 0.3) is 0 Å². The smallest absolute Gasteiger partial charge is 0.0931 e. The van der Waals surface area contributed by atoms with E-state index >= 15 is 0 Å². The minimum absolute atomic E-state index is 0.183. The zero-order valence-electron chi connectivity index (χ0n) is 9.95. The zero-order valence-corrected chi connectivity index (χ0v) is 11.5. The molecule has 2 rings (SSSR count). The summed E-state index contributed by atoms with van der Waals surface area (Å²) in [5, 5.41) is 0. The first-order valence-electron chi connectivity index (χ1n) is 6.07. The third-order valence-corrected chi connectivity index (χ3v) is 4.98. The standard InChI is InChI=1S/C13H20ClNS/c1-8-5-9(2)7-10(6-8)13(15)11-3-4-12(14)16-11/h3-4,8-10,13H,5-7,15H2,1-2H3. The second-order valence-electron chi connectivity index (χ2n) is 5.35. The van der Waals surface area contributed by atoms with Crippen molar-refractivity contribution >= 4 is 22.9 Å². The highest BCUT2D eigenvalue weighted by atomic mass is 35.5. The van der Waals surface area contributed by atoms with Gasteiger partial charge in [-0.15, -0.1) is 11.3 Å². The highest BCUT2D eigenvalue weighted by Gasteiger charge is 2.29. The molecule has 3 atom stereocenters. The van der Waals surface area contributed by atoms with Gasteiger partial charge in [-0.3, -0.25) is 0 Å². The van der Waals surface area contributed by atoms with E-state index in [4.69, 9.17) is 17.3 Å². The van der Waals surface area contributed by atoms with Crippen molar-refractivity contribution in [2.24, 2.45) is 23.5 Å².